The van der Waals surface area contributed by atoms with Crippen LogP contribution in [0.25, 0.3) is 21.0 Å². The van der Waals surface area contributed by atoms with Crippen LogP contribution in [0.4, 0.5) is 0 Å². The summed E-state index contributed by atoms with van der Waals surface area (Å²) in [6, 6.07) is 5.55. The van der Waals surface area contributed by atoms with E-state index in [0.29, 0.717) is 58.5 Å². The molecule has 0 amide bonds. The van der Waals surface area contributed by atoms with Crippen molar-refractivity contribution < 1.29 is 28.5 Å². The fourth-order valence-electron chi connectivity index (χ4n) is 5.01. The molecule has 4 aromatic rings. The average Bonchev–Trinajstić information content (AvgIpc) is 3.59. The van der Waals surface area contributed by atoms with Gasteiger partial charge in [-0.05, 0) is 51.3 Å². The number of carboxylic acids is 1. The van der Waals surface area contributed by atoms with Crippen molar-refractivity contribution in [2.45, 2.75) is 57.9 Å². The van der Waals surface area contributed by atoms with Crippen LogP contribution in [0.15, 0.2) is 49.1 Å². The average molecular weight is 649 g/mol. The third-order valence-electron chi connectivity index (χ3n) is 7.34. The van der Waals surface area contributed by atoms with Gasteiger partial charge < -0.3 is 23.7 Å². The number of rotatable bonds is 9. The molecule has 1 fully saturated rings. The molecule has 218 valence electrons. The predicted molar refractivity (Wildman–Crippen MR) is 156 cm³/mol. The number of oxazole rings is 1. The molecular formula is C28H30BrN3O8S. The first kappa shape index (κ1) is 29.2. The number of ether oxygens (including phenoxy) is 3. The number of benzene rings is 1. The van der Waals surface area contributed by atoms with Gasteiger partial charge in [0.1, 0.15) is 28.5 Å². The number of carboxylic acid groups (broad SMARTS) is 1. The van der Waals surface area contributed by atoms with Gasteiger partial charge in [0.2, 0.25) is 5.89 Å². The zero-order chi connectivity index (χ0) is 29.5. The van der Waals surface area contributed by atoms with Crippen LogP contribution in [0.3, 0.4) is 0 Å². The van der Waals surface area contributed by atoms with Gasteiger partial charge >= 0.3 is 11.7 Å². The van der Waals surface area contributed by atoms with Gasteiger partial charge in [-0.3, -0.25) is 9.36 Å². The zero-order valence-electron chi connectivity index (χ0n) is 23.0. The van der Waals surface area contributed by atoms with Crippen molar-refractivity contribution in [1.29, 1.82) is 0 Å². The van der Waals surface area contributed by atoms with Gasteiger partial charge in [0.25, 0.3) is 5.56 Å². The molecule has 4 heterocycles. The molecule has 3 aromatic heterocycles. The lowest BCUT2D eigenvalue weighted by Crippen LogP contribution is -2.52. The Hall–Kier alpha value is -3.26. The lowest BCUT2D eigenvalue weighted by atomic mass is 10.0. The lowest BCUT2D eigenvalue weighted by molar-refractivity contribution is -0.146. The molecule has 1 aliphatic rings. The van der Waals surface area contributed by atoms with Gasteiger partial charge in [0, 0.05) is 23.2 Å². The number of aromatic nitrogens is 3. The smallest absolute Gasteiger partial charge is 0.333 e. The SMILES string of the molecule is COc1cc(Br)ccc1C(Cn1c(=O)n(C(C)(C)C(=O)O)c(=O)c2c(C)c(-c3ncco3)sc21)OC1CCOCC1. The van der Waals surface area contributed by atoms with Crippen molar-refractivity contribution in [1.82, 2.24) is 14.1 Å². The van der Waals surface area contributed by atoms with Crippen molar-refractivity contribution in [2.24, 2.45) is 0 Å². The van der Waals surface area contributed by atoms with Crippen LogP contribution in [0, 0.1) is 6.92 Å². The molecule has 0 radical (unpaired) electrons. The Bertz CT molecular complexity index is 1700. The second kappa shape index (κ2) is 11.6. The number of aliphatic carboxylic acids is 1. The molecular weight excluding hydrogens is 618 g/mol. The summed E-state index contributed by atoms with van der Waals surface area (Å²) in [6.07, 6.45) is 3.47. The van der Waals surface area contributed by atoms with Crippen LogP contribution in [0.5, 0.6) is 5.75 Å². The molecule has 13 heteroatoms. The third-order valence-corrected chi connectivity index (χ3v) is 9.13. The summed E-state index contributed by atoms with van der Waals surface area (Å²) in [7, 11) is 1.56. The van der Waals surface area contributed by atoms with E-state index in [0.717, 1.165) is 9.04 Å². The molecule has 5 rings (SSSR count). The number of carbonyl (C=O) groups is 1. The Morgan fingerprint density at radius 3 is 2.66 bits per heavy atom. The van der Waals surface area contributed by atoms with Crippen molar-refractivity contribution in [3.8, 4) is 16.5 Å². The summed E-state index contributed by atoms with van der Waals surface area (Å²) in [5.74, 6) is -0.452. The number of methoxy groups -OCH3 is 1. The standard InChI is InChI=1S/C28H30BrN3O8S/c1-15-21-24(33)32(28(2,3)26(34)35)27(36)31(25(21)41-22(15)23-30-9-12-39-23)14-20(40-17-7-10-38-11-8-17)18-6-5-16(29)13-19(18)37-4/h5-6,9,12-13,17,20H,7-8,10-11,14H2,1-4H3,(H,34,35). The van der Waals surface area contributed by atoms with Crippen molar-refractivity contribution in [2.75, 3.05) is 20.3 Å². The summed E-state index contributed by atoms with van der Waals surface area (Å²) in [5.41, 5.74) is -2.02. The quantitative estimate of drug-likeness (QED) is 0.274. The summed E-state index contributed by atoms with van der Waals surface area (Å²) in [5, 5.41) is 10.2. The number of halogens is 1. The fraction of sp³-hybridized carbons (Fsp3) is 0.429. The molecule has 1 saturated heterocycles. The minimum Gasteiger partial charge on any atom is -0.496 e. The number of fused-ring (bicyclic) bond motifs is 1. The van der Waals surface area contributed by atoms with Gasteiger partial charge in [-0.1, -0.05) is 22.0 Å². The fourth-order valence-corrected chi connectivity index (χ4v) is 6.59. The monoisotopic (exact) mass is 647 g/mol. The Labute approximate surface area is 247 Å². The molecule has 0 saturated carbocycles. The van der Waals surface area contributed by atoms with Crippen molar-refractivity contribution in [3.63, 3.8) is 0 Å². The summed E-state index contributed by atoms with van der Waals surface area (Å²) < 4.78 is 26.4. The van der Waals surface area contributed by atoms with E-state index in [9.17, 15) is 19.5 Å². The number of thiophene rings is 1. The van der Waals surface area contributed by atoms with E-state index >= 15 is 0 Å². The predicted octanol–water partition coefficient (Wildman–Crippen LogP) is 4.72. The molecule has 0 bridgehead atoms. The van der Waals surface area contributed by atoms with E-state index < -0.39 is 28.9 Å². The maximum absolute atomic E-state index is 14.1. The maximum Gasteiger partial charge on any atom is 0.333 e. The molecule has 11 nitrogen and oxygen atoms in total. The van der Waals surface area contributed by atoms with Crippen LogP contribution in [0.2, 0.25) is 0 Å². The van der Waals surface area contributed by atoms with Crippen LogP contribution in [-0.2, 0) is 26.4 Å². The van der Waals surface area contributed by atoms with E-state index in [1.54, 1.807) is 14.0 Å². The molecule has 1 unspecified atom stereocenters. The van der Waals surface area contributed by atoms with E-state index in [2.05, 4.69) is 20.9 Å². The summed E-state index contributed by atoms with van der Waals surface area (Å²) >= 11 is 4.67. The van der Waals surface area contributed by atoms with Gasteiger partial charge in [0.05, 0.1) is 36.2 Å². The van der Waals surface area contributed by atoms with E-state index in [1.165, 1.54) is 42.2 Å². The summed E-state index contributed by atoms with van der Waals surface area (Å²) in [6.45, 7) is 5.50. The number of nitrogens with zero attached hydrogens (tertiary/aromatic N) is 3. The molecule has 0 spiro atoms. The lowest BCUT2D eigenvalue weighted by Gasteiger charge is -2.30. The van der Waals surface area contributed by atoms with Crippen LogP contribution in [-0.4, -0.2) is 51.6 Å². The van der Waals surface area contributed by atoms with Crippen LogP contribution < -0.4 is 16.0 Å². The van der Waals surface area contributed by atoms with E-state index in [4.69, 9.17) is 18.6 Å². The molecule has 41 heavy (non-hydrogen) atoms. The van der Waals surface area contributed by atoms with Gasteiger partial charge in [-0.25, -0.2) is 19.1 Å². The highest BCUT2D eigenvalue weighted by Crippen LogP contribution is 2.38. The van der Waals surface area contributed by atoms with Gasteiger partial charge in [-0.2, -0.15) is 0 Å². The Morgan fingerprint density at radius 1 is 1.29 bits per heavy atom. The van der Waals surface area contributed by atoms with E-state index in [1.807, 2.05) is 18.2 Å². The van der Waals surface area contributed by atoms with Crippen molar-refractivity contribution >= 4 is 43.5 Å². The first-order chi connectivity index (χ1) is 19.5. The number of aryl methyl sites for hydroxylation is 1. The minimum atomic E-state index is -1.83. The number of hydrogen-bond acceptors (Lipinski definition) is 9. The maximum atomic E-state index is 14.1. The van der Waals surface area contributed by atoms with Crippen molar-refractivity contribution in [3.05, 3.63) is 67.1 Å². The highest BCUT2D eigenvalue weighted by Gasteiger charge is 2.36. The Balaban J connectivity index is 1.76. The Kier molecular flexibility index (Phi) is 8.24. The van der Waals surface area contributed by atoms with Gasteiger partial charge in [0.15, 0.2) is 0 Å². The minimum absolute atomic E-state index is 0.00830. The first-order valence-electron chi connectivity index (χ1n) is 13.0. The first-order valence-corrected chi connectivity index (χ1v) is 14.6. The number of hydrogen-bond donors (Lipinski definition) is 1. The van der Waals surface area contributed by atoms with Crippen LogP contribution in [0.1, 0.15) is 43.9 Å². The molecule has 1 atom stereocenters. The highest BCUT2D eigenvalue weighted by molar-refractivity contribution is 9.10. The molecule has 0 aliphatic carbocycles. The molecule has 1 aromatic carbocycles. The second-order valence-electron chi connectivity index (χ2n) is 10.3. The van der Waals surface area contributed by atoms with E-state index in [-0.39, 0.29) is 18.0 Å². The third kappa shape index (κ3) is 5.39. The molecule has 1 aliphatic heterocycles. The topological polar surface area (TPSA) is 135 Å². The van der Waals surface area contributed by atoms with Gasteiger partial charge in [-0.15, -0.1) is 11.3 Å². The normalized spacial score (nSPS) is 15.3. The zero-order valence-corrected chi connectivity index (χ0v) is 25.4. The molecule has 1 N–H and O–H groups in total. The Morgan fingerprint density at radius 2 is 2.02 bits per heavy atom. The highest BCUT2D eigenvalue weighted by atomic mass is 79.9. The second-order valence-corrected chi connectivity index (χ2v) is 12.2. The summed E-state index contributed by atoms with van der Waals surface area (Å²) in [4.78, 5) is 45.5. The van der Waals surface area contributed by atoms with Crippen LogP contribution >= 0.6 is 27.3 Å². The largest absolute Gasteiger partial charge is 0.496 e.